The van der Waals surface area contributed by atoms with Gasteiger partial charge in [-0.2, -0.15) is 5.10 Å². The summed E-state index contributed by atoms with van der Waals surface area (Å²) < 4.78 is 1.79. The standard InChI is InChI=1S/C18H23N3O2/c1-13-12-16(19-21(13)15-8-4-3-5-9-15)18(23)20-11-7-6-10-17(20)14(2)22/h3-5,8-9,12,14,17,22H,6-7,10-11H2,1-2H3/t14-,17+/m0/s1. The van der Waals surface area contributed by atoms with Gasteiger partial charge in [0.15, 0.2) is 5.69 Å². The highest BCUT2D eigenvalue weighted by atomic mass is 16.3. The summed E-state index contributed by atoms with van der Waals surface area (Å²) in [6.45, 7) is 4.38. The van der Waals surface area contributed by atoms with Gasteiger partial charge < -0.3 is 10.0 Å². The predicted molar refractivity (Wildman–Crippen MR) is 88.7 cm³/mol. The number of aromatic nitrogens is 2. The lowest BCUT2D eigenvalue weighted by molar-refractivity contribution is 0.0276. The number of hydrogen-bond donors (Lipinski definition) is 1. The number of aliphatic hydroxyl groups is 1. The highest BCUT2D eigenvalue weighted by Crippen LogP contribution is 2.22. The maximum absolute atomic E-state index is 12.9. The van der Waals surface area contributed by atoms with Gasteiger partial charge in [0.2, 0.25) is 0 Å². The zero-order valence-electron chi connectivity index (χ0n) is 13.6. The second-order valence-corrected chi connectivity index (χ2v) is 6.22. The van der Waals surface area contributed by atoms with Crippen LogP contribution in [0.25, 0.3) is 5.69 Å². The monoisotopic (exact) mass is 313 g/mol. The van der Waals surface area contributed by atoms with Crippen molar-refractivity contribution in [2.75, 3.05) is 6.54 Å². The molecule has 0 bridgehead atoms. The SMILES string of the molecule is Cc1cc(C(=O)N2CCCC[C@@H]2[C@H](C)O)nn1-c1ccccc1. The number of rotatable bonds is 3. The first-order chi connectivity index (χ1) is 11.1. The van der Waals surface area contributed by atoms with Gasteiger partial charge in [-0.25, -0.2) is 4.68 Å². The van der Waals surface area contributed by atoms with E-state index < -0.39 is 6.10 Å². The molecule has 0 radical (unpaired) electrons. The topological polar surface area (TPSA) is 58.4 Å². The van der Waals surface area contributed by atoms with Crippen LogP contribution in [0.15, 0.2) is 36.4 Å². The van der Waals surface area contributed by atoms with Crippen LogP contribution in [-0.4, -0.2) is 44.4 Å². The molecule has 0 aliphatic carbocycles. The van der Waals surface area contributed by atoms with Gasteiger partial charge in [0, 0.05) is 12.2 Å². The van der Waals surface area contributed by atoms with Crippen LogP contribution in [0.2, 0.25) is 0 Å². The summed E-state index contributed by atoms with van der Waals surface area (Å²) >= 11 is 0. The number of aliphatic hydroxyl groups excluding tert-OH is 1. The van der Waals surface area contributed by atoms with Gasteiger partial charge in [0.25, 0.3) is 5.91 Å². The van der Waals surface area contributed by atoms with E-state index in [1.807, 2.05) is 43.3 Å². The first kappa shape index (κ1) is 15.7. The Labute approximate surface area is 136 Å². The van der Waals surface area contributed by atoms with Crippen LogP contribution in [0.5, 0.6) is 0 Å². The number of nitrogens with zero attached hydrogens (tertiary/aromatic N) is 3. The van der Waals surface area contributed by atoms with Crippen molar-refractivity contribution < 1.29 is 9.90 Å². The molecule has 0 saturated carbocycles. The first-order valence-corrected chi connectivity index (χ1v) is 8.19. The van der Waals surface area contributed by atoms with E-state index in [-0.39, 0.29) is 11.9 Å². The smallest absolute Gasteiger partial charge is 0.274 e. The molecule has 2 atom stereocenters. The lowest BCUT2D eigenvalue weighted by atomic mass is 9.98. The van der Waals surface area contributed by atoms with Gasteiger partial charge in [-0.05, 0) is 51.3 Å². The molecule has 1 aliphatic rings. The van der Waals surface area contributed by atoms with Crippen molar-refractivity contribution in [2.45, 2.75) is 45.3 Å². The molecule has 23 heavy (non-hydrogen) atoms. The van der Waals surface area contributed by atoms with E-state index in [4.69, 9.17) is 0 Å². The number of benzene rings is 1. The first-order valence-electron chi connectivity index (χ1n) is 8.19. The minimum Gasteiger partial charge on any atom is -0.391 e. The van der Waals surface area contributed by atoms with Crippen LogP contribution in [-0.2, 0) is 0 Å². The van der Waals surface area contributed by atoms with Crippen LogP contribution in [0, 0.1) is 6.92 Å². The second kappa shape index (κ2) is 6.54. The number of carbonyl (C=O) groups excluding carboxylic acids is 1. The van der Waals surface area contributed by atoms with Crippen LogP contribution in [0.3, 0.4) is 0 Å². The van der Waals surface area contributed by atoms with Gasteiger partial charge in [0.05, 0.1) is 17.8 Å². The summed E-state index contributed by atoms with van der Waals surface area (Å²) in [5.74, 6) is -0.0895. The van der Waals surface area contributed by atoms with Gasteiger partial charge in [-0.3, -0.25) is 4.79 Å². The Morgan fingerprint density at radius 1 is 1.30 bits per heavy atom. The Hall–Kier alpha value is -2.14. The summed E-state index contributed by atoms with van der Waals surface area (Å²) in [4.78, 5) is 14.6. The lowest BCUT2D eigenvalue weighted by Gasteiger charge is -2.37. The minimum atomic E-state index is -0.517. The Bertz CT molecular complexity index is 679. The van der Waals surface area contributed by atoms with E-state index in [2.05, 4.69) is 5.10 Å². The number of hydrogen-bond acceptors (Lipinski definition) is 3. The molecule has 1 fully saturated rings. The zero-order valence-corrected chi connectivity index (χ0v) is 13.6. The molecule has 1 aromatic carbocycles. The molecule has 5 nitrogen and oxygen atoms in total. The molecule has 0 unspecified atom stereocenters. The van der Waals surface area contributed by atoms with Crippen molar-refractivity contribution in [1.82, 2.24) is 14.7 Å². The number of amides is 1. The van der Waals surface area contributed by atoms with Crippen molar-refractivity contribution in [2.24, 2.45) is 0 Å². The van der Waals surface area contributed by atoms with Crippen LogP contribution < -0.4 is 0 Å². The van der Waals surface area contributed by atoms with E-state index in [1.54, 1.807) is 16.5 Å². The lowest BCUT2D eigenvalue weighted by Crippen LogP contribution is -2.49. The predicted octanol–water partition coefficient (Wildman–Crippen LogP) is 2.56. The third kappa shape index (κ3) is 3.15. The highest BCUT2D eigenvalue weighted by molar-refractivity contribution is 5.92. The van der Waals surface area contributed by atoms with Gasteiger partial charge >= 0.3 is 0 Å². The summed E-state index contributed by atoms with van der Waals surface area (Å²) in [6, 6.07) is 11.5. The van der Waals surface area contributed by atoms with Crippen molar-refractivity contribution in [3.63, 3.8) is 0 Å². The number of aryl methyl sites for hydroxylation is 1. The third-order valence-corrected chi connectivity index (χ3v) is 4.47. The molecule has 3 rings (SSSR count). The average molecular weight is 313 g/mol. The Balaban J connectivity index is 1.88. The molecular formula is C18H23N3O2. The Kier molecular flexibility index (Phi) is 4.48. The van der Waals surface area contributed by atoms with E-state index in [9.17, 15) is 9.90 Å². The maximum atomic E-state index is 12.9. The molecule has 0 spiro atoms. The normalized spacial score (nSPS) is 19.6. The number of para-hydroxylation sites is 1. The molecule has 5 heteroatoms. The Morgan fingerprint density at radius 2 is 2.04 bits per heavy atom. The average Bonchev–Trinajstić information content (AvgIpc) is 2.97. The fourth-order valence-corrected chi connectivity index (χ4v) is 3.27. The van der Waals surface area contributed by atoms with Crippen LogP contribution >= 0.6 is 0 Å². The number of carbonyl (C=O) groups is 1. The second-order valence-electron chi connectivity index (χ2n) is 6.22. The van der Waals surface area contributed by atoms with E-state index in [1.165, 1.54) is 0 Å². The van der Waals surface area contributed by atoms with Crippen molar-refractivity contribution in [1.29, 1.82) is 0 Å². The quantitative estimate of drug-likeness (QED) is 0.947. The highest BCUT2D eigenvalue weighted by Gasteiger charge is 2.31. The van der Waals surface area contributed by atoms with Crippen molar-refractivity contribution >= 4 is 5.91 Å². The fourth-order valence-electron chi connectivity index (χ4n) is 3.27. The largest absolute Gasteiger partial charge is 0.391 e. The number of likely N-dealkylation sites (tertiary alicyclic amines) is 1. The summed E-state index contributed by atoms with van der Waals surface area (Å²) in [6.07, 6.45) is 2.36. The molecule has 1 N–H and O–H groups in total. The minimum absolute atomic E-state index is 0.0895. The van der Waals surface area contributed by atoms with E-state index in [0.29, 0.717) is 12.2 Å². The summed E-state index contributed by atoms with van der Waals surface area (Å²) in [5.41, 5.74) is 2.30. The fraction of sp³-hybridized carbons (Fsp3) is 0.444. The summed E-state index contributed by atoms with van der Waals surface area (Å²) in [5, 5.41) is 14.5. The van der Waals surface area contributed by atoms with Gasteiger partial charge in [0.1, 0.15) is 0 Å². The third-order valence-electron chi connectivity index (χ3n) is 4.47. The molecule has 2 heterocycles. The molecule has 1 aliphatic heterocycles. The molecule has 1 aromatic heterocycles. The Morgan fingerprint density at radius 3 is 2.74 bits per heavy atom. The number of piperidine rings is 1. The van der Waals surface area contributed by atoms with E-state index in [0.717, 1.165) is 30.6 Å². The molecule has 1 amide bonds. The van der Waals surface area contributed by atoms with Crippen molar-refractivity contribution in [3.05, 3.63) is 47.8 Å². The molecule has 122 valence electrons. The van der Waals surface area contributed by atoms with Crippen molar-refractivity contribution in [3.8, 4) is 5.69 Å². The van der Waals surface area contributed by atoms with Gasteiger partial charge in [-0.15, -0.1) is 0 Å². The van der Waals surface area contributed by atoms with Gasteiger partial charge in [-0.1, -0.05) is 18.2 Å². The maximum Gasteiger partial charge on any atom is 0.274 e. The van der Waals surface area contributed by atoms with Crippen LogP contribution in [0.1, 0.15) is 42.4 Å². The zero-order chi connectivity index (χ0) is 16.4. The molecular weight excluding hydrogens is 290 g/mol. The molecule has 1 saturated heterocycles. The van der Waals surface area contributed by atoms with E-state index >= 15 is 0 Å². The summed E-state index contributed by atoms with van der Waals surface area (Å²) in [7, 11) is 0. The molecule has 2 aromatic rings. The van der Waals surface area contributed by atoms with Crippen LogP contribution in [0.4, 0.5) is 0 Å².